The number of esters is 3. The number of carbonyl (C=O) groups excluding carboxylic acids is 3. The van der Waals surface area contributed by atoms with Crippen molar-refractivity contribution in [2.24, 2.45) is 11.8 Å². The summed E-state index contributed by atoms with van der Waals surface area (Å²) in [6.45, 7) is 11.2. The molecule has 0 spiro atoms. The molecule has 50 heavy (non-hydrogen) atoms. The van der Waals surface area contributed by atoms with Crippen LogP contribution in [0, 0.1) is 11.8 Å². The summed E-state index contributed by atoms with van der Waals surface area (Å²) in [5.41, 5.74) is 0. The van der Waals surface area contributed by atoms with Crippen LogP contribution in [-0.2, 0) is 28.6 Å². The van der Waals surface area contributed by atoms with Crippen LogP contribution in [0.1, 0.15) is 234 Å². The highest BCUT2D eigenvalue weighted by Gasteiger charge is 2.19. The van der Waals surface area contributed by atoms with Crippen LogP contribution in [-0.4, -0.2) is 37.2 Å². The highest BCUT2D eigenvalue weighted by Crippen LogP contribution is 2.16. The van der Waals surface area contributed by atoms with Gasteiger partial charge in [-0.3, -0.25) is 14.4 Å². The zero-order chi connectivity index (χ0) is 36.9. The molecule has 0 aromatic carbocycles. The van der Waals surface area contributed by atoms with E-state index in [9.17, 15) is 14.4 Å². The van der Waals surface area contributed by atoms with Gasteiger partial charge in [0, 0.05) is 19.3 Å². The molecule has 0 saturated heterocycles. The van der Waals surface area contributed by atoms with E-state index in [0.29, 0.717) is 19.3 Å². The second kappa shape index (κ2) is 37.2. The molecule has 1 atom stereocenters. The van der Waals surface area contributed by atoms with Crippen LogP contribution in [0.5, 0.6) is 0 Å². The third-order valence-electron chi connectivity index (χ3n) is 9.72. The molecule has 296 valence electrons. The van der Waals surface area contributed by atoms with Crippen LogP contribution in [0.2, 0.25) is 0 Å². The van der Waals surface area contributed by atoms with Gasteiger partial charge in [-0.25, -0.2) is 0 Å². The Morgan fingerprint density at radius 3 is 0.980 bits per heavy atom. The third kappa shape index (κ3) is 37.7. The molecule has 0 unspecified atom stereocenters. The zero-order valence-corrected chi connectivity index (χ0v) is 34.0. The quantitative estimate of drug-likeness (QED) is 0.0361. The minimum Gasteiger partial charge on any atom is -0.462 e. The van der Waals surface area contributed by atoms with E-state index in [0.717, 1.165) is 69.6 Å². The van der Waals surface area contributed by atoms with Gasteiger partial charge in [0.1, 0.15) is 13.2 Å². The molecule has 0 heterocycles. The summed E-state index contributed by atoms with van der Waals surface area (Å²) in [4.78, 5) is 37.5. The fourth-order valence-electron chi connectivity index (χ4n) is 6.40. The molecule has 0 N–H and O–H groups in total. The minimum absolute atomic E-state index is 0.0660. The molecular formula is C44H84O6. The van der Waals surface area contributed by atoms with Crippen molar-refractivity contribution in [2.75, 3.05) is 13.2 Å². The monoisotopic (exact) mass is 709 g/mol. The van der Waals surface area contributed by atoms with Crippen molar-refractivity contribution in [3.05, 3.63) is 0 Å². The summed E-state index contributed by atoms with van der Waals surface area (Å²) < 4.78 is 16.6. The van der Waals surface area contributed by atoms with Crippen molar-refractivity contribution in [2.45, 2.75) is 240 Å². The summed E-state index contributed by atoms with van der Waals surface area (Å²) in [7, 11) is 0. The first-order valence-electron chi connectivity index (χ1n) is 21.7. The van der Waals surface area contributed by atoms with E-state index in [2.05, 4.69) is 34.6 Å². The first-order chi connectivity index (χ1) is 24.2. The van der Waals surface area contributed by atoms with Crippen molar-refractivity contribution in [3.8, 4) is 0 Å². The average molecular weight is 709 g/mol. The summed E-state index contributed by atoms with van der Waals surface area (Å²) in [5.74, 6) is 0.731. The molecule has 0 aliphatic carbocycles. The minimum atomic E-state index is -0.759. The fraction of sp³-hybridized carbons (Fsp3) is 0.932. The third-order valence-corrected chi connectivity index (χ3v) is 9.72. The normalized spacial score (nSPS) is 12.1. The molecule has 0 bridgehead atoms. The number of unbranched alkanes of at least 4 members (excludes halogenated alkanes) is 23. The Kier molecular flexibility index (Phi) is 36.0. The largest absolute Gasteiger partial charge is 0.462 e. The Hall–Kier alpha value is -1.59. The Morgan fingerprint density at radius 1 is 0.380 bits per heavy atom. The number of carbonyl (C=O) groups is 3. The molecule has 0 aromatic rings. The first kappa shape index (κ1) is 48.4. The predicted molar refractivity (Wildman–Crippen MR) is 210 cm³/mol. The van der Waals surface area contributed by atoms with Crippen LogP contribution in [0.4, 0.5) is 0 Å². The predicted octanol–water partition coefficient (Wildman–Crippen LogP) is 13.4. The van der Waals surface area contributed by atoms with Gasteiger partial charge < -0.3 is 14.2 Å². The average Bonchev–Trinajstić information content (AvgIpc) is 3.08. The first-order valence-corrected chi connectivity index (χ1v) is 21.7. The van der Waals surface area contributed by atoms with E-state index in [1.54, 1.807) is 0 Å². The van der Waals surface area contributed by atoms with Crippen LogP contribution < -0.4 is 0 Å². The van der Waals surface area contributed by atoms with Gasteiger partial charge in [0.25, 0.3) is 0 Å². The zero-order valence-electron chi connectivity index (χ0n) is 34.0. The van der Waals surface area contributed by atoms with Gasteiger partial charge in [-0.15, -0.1) is 0 Å². The Balaban J connectivity index is 4.32. The van der Waals surface area contributed by atoms with Gasteiger partial charge in [0.15, 0.2) is 6.10 Å². The lowest BCUT2D eigenvalue weighted by Crippen LogP contribution is -2.30. The van der Waals surface area contributed by atoms with Gasteiger partial charge in [0.2, 0.25) is 0 Å². The molecule has 0 aromatic heterocycles. The van der Waals surface area contributed by atoms with Crippen LogP contribution >= 0.6 is 0 Å². The number of ether oxygens (including phenoxy) is 3. The molecule has 0 aliphatic heterocycles. The standard InChI is InChI=1S/C44H84O6/c1-6-7-8-9-10-13-19-24-29-34-42(45)48-37-41(50-44(47)36-31-26-21-16-18-23-28-33-40(4)5)38-49-43(46)35-30-25-20-15-12-11-14-17-22-27-32-39(2)3/h39-41H,6-38H2,1-5H3/t41-/m0/s1. The fourth-order valence-corrected chi connectivity index (χ4v) is 6.40. The molecular weight excluding hydrogens is 624 g/mol. The highest BCUT2D eigenvalue weighted by atomic mass is 16.6. The van der Waals surface area contributed by atoms with E-state index in [4.69, 9.17) is 14.2 Å². The molecule has 6 heteroatoms. The maximum Gasteiger partial charge on any atom is 0.306 e. The number of hydrogen-bond donors (Lipinski definition) is 0. The lowest BCUT2D eigenvalue weighted by molar-refractivity contribution is -0.167. The van der Waals surface area contributed by atoms with E-state index in [1.807, 2.05) is 0 Å². The van der Waals surface area contributed by atoms with Gasteiger partial charge in [-0.1, -0.05) is 195 Å². The van der Waals surface area contributed by atoms with Crippen molar-refractivity contribution < 1.29 is 28.6 Å². The Morgan fingerprint density at radius 2 is 0.660 bits per heavy atom. The lowest BCUT2D eigenvalue weighted by Gasteiger charge is -2.18. The van der Waals surface area contributed by atoms with E-state index in [1.165, 1.54) is 122 Å². The highest BCUT2D eigenvalue weighted by molar-refractivity contribution is 5.71. The summed E-state index contributed by atoms with van der Waals surface area (Å²) in [6.07, 6.45) is 33.8. The van der Waals surface area contributed by atoms with Crippen LogP contribution in [0.15, 0.2) is 0 Å². The SMILES string of the molecule is CCCCCCCCCCCC(=O)OC[C@@H](COC(=O)CCCCCCCCCCCCC(C)C)OC(=O)CCCCCCCCCC(C)C. The Labute approximate surface area is 310 Å². The second-order valence-electron chi connectivity index (χ2n) is 15.9. The molecule has 0 fully saturated rings. The van der Waals surface area contributed by atoms with Crippen LogP contribution in [0.3, 0.4) is 0 Å². The van der Waals surface area contributed by atoms with E-state index >= 15 is 0 Å². The van der Waals surface area contributed by atoms with Crippen LogP contribution in [0.25, 0.3) is 0 Å². The number of rotatable bonds is 38. The van der Waals surface area contributed by atoms with Gasteiger partial charge in [-0.2, -0.15) is 0 Å². The maximum absolute atomic E-state index is 12.6. The molecule has 0 aliphatic rings. The van der Waals surface area contributed by atoms with E-state index < -0.39 is 6.10 Å². The molecule has 0 saturated carbocycles. The molecule has 0 radical (unpaired) electrons. The molecule has 6 nitrogen and oxygen atoms in total. The van der Waals surface area contributed by atoms with Gasteiger partial charge in [-0.05, 0) is 31.1 Å². The summed E-state index contributed by atoms with van der Waals surface area (Å²) in [6, 6.07) is 0. The maximum atomic E-state index is 12.6. The molecule has 0 rings (SSSR count). The van der Waals surface area contributed by atoms with Crippen molar-refractivity contribution in [1.82, 2.24) is 0 Å². The smallest absolute Gasteiger partial charge is 0.306 e. The van der Waals surface area contributed by atoms with Gasteiger partial charge >= 0.3 is 17.9 Å². The summed E-state index contributed by atoms with van der Waals surface area (Å²) in [5, 5.41) is 0. The van der Waals surface area contributed by atoms with Crippen molar-refractivity contribution in [3.63, 3.8) is 0 Å². The number of hydrogen-bond acceptors (Lipinski definition) is 6. The van der Waals surface area contributed by atoms with Crippen molar-refractivity contribution in [1.29, 1.82) is 0 Å². The molecule has 0 amide bonds. The topological polar surface area (TPSA) is 78.9 Å². The summed E-state index contributed by atoms with van der Waals surface area (Å²) >= 11 is 0. The van der Waals surface area contributed by atoms with Gasteiger partial charge in [0.05, 0.1) is 0 Å². The lowest BCUT2D eigenvalue weighted by atomic mass is 10.0. The second-order valence-corrected chi connectivity index (χ2v) is 15.9. The van der Waals surface area contributed by atoms with E-state index in [-0.39, 0.29) is 31.1 Å². The Bertz CT molecular complexity index is 764. The van der Waals surface area contributed by atoms with Crippen molar-refractivity contribution >= 4 is 17.9 Å².